The zero-order valence-electron chi connectivity index (χ0n) is 13.3. The molecule has 2 rings (SSSR count). The van der Waals surface area contributed by atoms with Crippen LogP contribution in [-0.2, 0) is 6.42 Å². The Morgan fingerprint density at radius 3 is 2.55 bits per heavy atom. The van der Waals surface area contributed by atoms with E-state index in [1.54, 1.807) is 11.1 Å². The van der Waals surface area contributed by atoms with E-state index in [0.717, 1.165) is 12.5 Å². The van der Waals surface area contributed by atoms with Gasteiger partial charge < -0.3 is 5.32 Å². The van der Waals surface area contributed by atoms with Crippen LogP contribution in [0.25, 0.3) is 0 Å². The fourth-order valence-corrected chi connectivity index (χ4v) is 3.63. The molecule has 1 heteroatoms. The van der Waals surface area contributed by atoms with E-state index in [9.17, 15) is 0 Å². The largest absolute Gasteiger partial charge is 0.310 e. The summed E-state index contributed by atoms with van der Waals surface area (Å²) in [5.74, 6) is 0.818. The van der Waals surface area contributed by atoms with Crippen LogP contribution >= 0.6 is 0 Å². The number of hydrogen-bond acceptors (Lipinski definition) is 1. The highest BCUT2D eigenvalue weighted by Crippen LogP contribution is 2.38. The van der Waals surface area contributed by atoms with Gasteiger partial charge in [0.25, 0.3) is 0 Å². The quantitative estimate of drug-likeness (QED) is 0.605. The molecule has 1 nitrogen and oxygen atoms in total. The Bertz CT molecular complexity index is 385. The van der Waals surface area contributed by atoms with Crippen molar-refractivity contribution in [3.8, 4) is 0 Å². The first-order valence-corrected chi connectivity index (χ1v) is 8.68. The van der Waals surface area contributed by atoms with Gasteiger partial charge in [0.05, 0.1) is 0 Å². The minimum absolute atomic E-state index is 0.604. The van der Waals surface area contributed by atoms with Crippen LogP contribution in [-0.4, -0.2) is 6.54 Å². The van der Waals surface area contributed by atoms with Crippen molar-refractivity contribution in [2.45, 2.75) is 71.3 Å². The highest BCUT2D eigenvalue weighted by atomic mass is 14.9. The van der Waals surface area contributed by atoms with Crippen molar-refractivity contribution in [1.29, 1.82) is 0 Å². The average molecular weight is 273 g/mol. The van der Waals surface area contributed by atoms with E-state index in [-0.39, 0.29) is 0 Å². The Morgan fingerprint density at radius 2 is 1.75 bits per heavy atom. The summed E-state index contributed by atoms with van der Waals surface area (Å²) in [6, 6.07) is 9.63. The normalized spacial score (nSPS) is 21.1. The molecular weight excluding hydrogens is 242 g/mol. The fraction of sp³-hybridized carbons (Fsp3) is 0.684. The van der Waals surface area contributed by atoms with Crippen LogP contribution in [0.4, 0.5) is 0 Å². The van der Waals surface area contributed by atoms with E-state index in [1.165, 1.54) is 51.4 Å². The second kappa shape index (κ2) is 8.46. The lowest BCUT2D eigenvalue weighted by Gasteiger charge is -2.21. The maximum absolute atomic E-state index is 3.71. The van der Waals surface area contributed by atoms with Crippen molar-refractivity contribution in [2.24, 2.45) is 5.92 Å². The Morgan fingerprint density at radius 1 is 1.00 bits per heavy atom. The second-order valence-corrected chi connectivity index (χ2v) is 6.25. The van der Waals surface area contributed by atoms with E-state index < -0.39 is 0 Å². The molecule has 1 aliphatic carbocycles. The Kier molecular flexibility index (Phi) is 6.59. The molecule has 0 bridgehead atoms. The summed E-state index contributed by atoms with van der Waals surface area (Å²) in [5, 5.41) is 3.71. The predicted octanol–water partition coefficient (Wildman–Crippen LogP) is 5.26. The molecule has 1 aromatic rings. The van der Waals surface area contributed by atoms with Gasteiger partial charge in [0.15, 0.2) is 0 Å². The maximum atomic E-state index is 3.71. The highest BCUT2D eigenvalue weighted by molar-refractivity contribution is 5.35. The Hall–Kier alpha value is -0.820. The lowest BCUT2D eigenvalue weighted by molar-refractivity contribution is 0.359. The molecule has 0 saturated heterocycles. The zero-order valence-corrected chi connectivity index (χ0v) is 13.3. The maximum Gasteiger partial charge on any atom is 0.0354 e. The van der Waals surface area contributed by atoms with Crippen molar-refractivity contribution in [1.82, 2.24) is 5.32 Å². The number of benzene rings is 1. The lowest BCUT2D eigenvalue weighted by Crippen LogP contribution is -2.25. The summed E-state index contributed by atoms with van der Waals surface area (Å²) in [5.41, 5.74) is 3.14. The Labute approximate surface area is 125 Å². The molecule has 0 radical (unpaired) electrons. The smallest absolute Gasteiger partial charge is 0.0354 e. The third-order valence-electron chi connectivity index (χ3n) is 4.70. The first kappa shape index (κ1) is 15.6. The molecule has 112 valence electrons. The van der Waals surface area contributed by atoms with Gasteiger partial charge in [0.1, 0.15) is 0 Å². The lowest BCUT2D eigenvalue weighted by atomic mass is 9.93. The van der Waals surface area contributed by atoms with E-state index in [1.807, 2.05) is 0 Å². The molecule has 20 heavy (non-hydrogen) atoms. The summed E-state index contributed by atoms with van der Waals surface area (Å²) in [7, 11) is 0. The van der Waals surface area contributed by atoms with Crippen LogP contribution in [0.15, 0.2) is 24.3 Å². The van der Waals surface area contributed by atoms with Gasteiger partial charge in [-0.2, -0.15) is 0 Å². The molecule has 0 fully saturated rings. The van der Waals surface area contributed by atoms with E-state index in [4.69, 9.17) is 0 Å². The van der Waals surface area contributed by atoms with Gasteiger partial charge in [0, 0.05) is 6.04 Å². The molecule has 0 aromatic heterocycles. The molecule has 0 amide bonds. The second-order valence-electron chi connectivity index (χ2n) is 6.25. The molecule has 0 aliphatic heterocycles. The predicted molar refractivity (Wildman–Crippen MR) is 88.0 cm³/mol. The summed E-state index contributed by atoms with van der Waals surface area (Å²) < 4.78 is 0. The van der Waals surface area contributed by atoms with E-state index >= 15 is 0 Å². The monoisotopic (exact) mass is 273 g/mol. The van der Waals surface area contributed by atoms with Gasteiger partial charge in [-0.05, 0) is 36.4 Å². The van der Waals surface area contributed by atoms with Crippen LogP contribution < -0.4 is 5.32 Å². The van der Waals surface area contributed by atoms with E-state index in [2.05, 4.69) is 43.4 Å². The highest BCUT2D eigenvalue weighted by Gasteiger charge is 2.30. The SMILES string of the molecule is CCCCCCCCC1Cc2ccccc2C1NCC. The first-order chi connectivity index (χ1) is 9.86. The van der Waals surface area contributed by atoms with Crippen molar-refractivity contribution < 1.29 is 0 Å². The standard InChI is InChI=1S/C19H31N/c1-3-5-6-7-8-9-13-17-15-16-12-10-11-14-18(16)19(17)20-4-2/h10-12,14,17,19-20H,3-9,13,15H2,1-2H3. The number of hydrogen-bond donors (Lipinski definition) is 1. The molecule has 1 aliphatic rings. The van der Waals surface area contributed by atoms with Crippen LogP contribution in [0, 0.1) is 5.92 Å². The molecule has 0 spiro atoms. The van der Waals surface area contributed by atoms with Gasteiger partial charge in [-0.1, -0.05) is 76.6 Å². The van der Waals surface area contributed by atoms with Crippen molar-refractivity contribution in [2.75, 3.05) is 6.54 Å². The van der Waals surface area contributed by atoms with Gasteiger partial charge in [0.2, 0.25) is 0 Å². The van der Waals surface area contributed by atoms with Gasteiger partial charge in [-0.25, -0.2) is 0 Å². The van der Waals surface area contributed by atoms with Crippen molar-refractivity contribution in [3.63, 3.8) is 0 Å². The topological polar surface area (TPSA) is 12.0 Å². The first-order valence-electron chi connectivity index (χ1n) is 8.68. The number of fused-ring (bicyclic) bond motifs is 1. The molecule has 0 saturated carbocycles. The van der Waals surface area contributed by atoms with Gasteiger partial charge >= 0.3 is 0 Å². The number of nitrogens with one attached hydrogen (secondary N) is 1. The summed E-state index contributed by atoms with van der Waals surface area (Å²) >= 11 is 0. The van der Waals surface area contributed by atoms with Gasteiger partial charge in [-0.3, -0.25) is 0 Å². The van der Waals surface area contributed by atoms with Crippen LogP contribution in [0.3, 0.4) is 0 Å². The third-order valence-corrected chi connectivity index (χ3v) is 4.70. The van der Waals surface area contributed by atoms with Crippen LogP contribution in [0.1, 0.15) is 76.0 Å². The fourth-order valence-electron chi connectivity index (χ4n) is 3.63. The molecule has 1 aromatic carbocycles. The molecule has 2 unspecified atom stereocenters. The molecule has 2 atom stereocenters. The van der Waals surface area contributed by atoms with E-state index in [0.29, 0.717) is 6.04 Å². The summed E-state index contributed by atoms with van der Waals surface area (Å²) in [6.45, 7) is 5.59. The zero-order chi connectivity index (χ0) is 14.2. The summed E-state index contributed by atoms with van der Waals surface area (Å²) in [6.07, 6.45) is 11.1. The van der Waals surface area contributed by atoms with Crippen molar-refractivity contribution >= 4 is 0 Å². The van der Waals surface area contributed by atoms with Crippen LogP contribution in [0.2, 0.25) is 0 Å². The van der Waals surface area contributed by atoms with Crippen molar-refractivity contribution in [3.05, 3.63) is 35.4 Å². The minimum Gasteiger partial charge on any atom is -0.310 e. The molecule has 0 heterocycles. The minimum atomic E-state index is 0.604. The number of unbranched alkanes of at least 4 members (excludes halogenated alkanes) is 5. The average Bonchev–Trinajstić information content (AvgIpc) is 2.81. The number of rotatable bonds is 9. The van der Waals surface area contributed by atoms with Crippen LogP contribution in [0.5, 0.6) is 0 Å². The third kappa shape index (κ3) is 4.09. The molecular formula is C19H31N. The van der Waals surface area contributed by atoms with Gasteiger partial charge in [-0.15, -0.1) is 0 Å². The Balaban J connectivity index is 1.80. The molecule has 1 N–H and O–H groups in total. The summed E-state index contributed by atoms with van der Waals surface area (Å²) in [4.78, 5) is 0.